The summed E-state index contributed by atoms with van der Waals surface area (Å²) in [6.45, 7) is -0.179. The Bertz CT molecular complexity index is 850. The predicted octanol–water partition coefficient (Wildman–Crippen LogP) is 4.13. The lowest BCUT2D eigenvalue weighted by molar-refractivity contribution is -0.118. The topological polar surface area (TPSA) is 77.2 Å². The quantitative estimate of drug-likeness (QED) is 0.653. The number of carbonyl (C=O) groups is 1. The fraction of sp³-hybridized carbons (Fsp3) is 0.118. The van der Waals surface area contributed by atoms with Crippen LogP contribution in [0.3, 0.4) is 0 Å². The molecule has 1 N–H and O–H groups in total. The molecule has 1 amide bonds. The maximum atomic E-state index is 11.9. The fourth-order valence-electron chi connectivity index (χ4n) is 1.96. The summed E-state index contributed by atoms with van der Waals surface area (Å²) in [6, 6.07) is 14.4. The van der Waals surface area contributed by atoms with E-state index in [2.05, 4.69) is 15.5 Å². The molecule has 0 unspecified atom stereocenters. The minimum Gasteiger partial charge on any atom is -0.484 e. The van der Waals surface area contributed by atoms with Crippen LogP contribution in [0.2, 0.25) is 5.02 Å². The van der Waals surface area contributed by atoms with E-state index in [9.17, 15) is 4.79 Å². The van der Waals surface area contributed by atoms with Gasteiger partial charge in [-0.25, -0.2) is 0 Å². The van der Waals surface area contributed by atoms with E-state index in [0.29, 0.717) is 16.7 Å². The number of amides is 1. The molecule has 2 aromatic carbocycles. The van der Waals surface area contributed by atoms with Gasteiger partial charge in [-0.05, 0) is 54.8 Å². The highest BCUT2D eigenvalue weighted by molar-refractivity contribution is 7.98. The van der Waals surface area contributed by atoms with Crippen molar-refractivity contribution < 1.29 is 13.9 Å². The van der Waals surface area contributed by atoms with Gasteiger partial charge in [0.15, 0.2) is 6.61 Å². The summed E-state index contributed by atoms with van der Waals surface area (Å²) < 4.78 is 10.8. The number of benzene rings is 2. The van der Waals surface area contributed by atoms with Gasteiger partial charge >= 0.3 is 6.01 Å². The third-order valence-electron chi connectivity index (χ3n) is 3.19. The van der Waals surface area contributed by atoms with Gasteiger partial charge in [0.25, 0.3) is 5.91 Å². The lowest BCUT2D eigenvalue weighted by Gasteiger charge is -2.05. The Morgan fingerprint density at radius 3 is 2.56 bits per heavy atom. The second-order valence-electron chi connectivity index (χ2n) is 4.93. The van der Waals surface area contributed by atoms with Crippen LogP contribution in [0.1, 0.15) is 0 Å². The summed E-state index contributed by atoms with van der Waals surface area (Å²) in [4.78, 5) is 13.0. The number of carbonyl (C=O) groups excluding carboxylic acids is 1. The van der Waals surface area contributed by atoms with E-state index in [4.69, 9.17) is 20.8 Å². The van der Waals surface area contributed by atoms with Crippen LogP contribution < -0.4 is 10.1 Å². The number of rotatable bonds is 6. The van der Waals surface area contributed by atoms with Crippen molar-refractivity contribution in [3.05, 3.63) is 53.6 Å². The minimum absolute atomic E-state index is 0.0219. The first kappa shape index (κ1) is 17.3. The van der Waals surface area contributed by atoms with Gasteiger partial charge in [-0.1, -0.05) is 16.7 Å². The molecule has 0 saturated heterocycles. The molecule has 0 aliphatic heterocycles. The average Bonchev–Trinajstić information content (AvgIpc) is 3.10. The zero-order chi connectivity index (χ0) is 17.6. The van der Waals surface area contributed by atoms with Gasteiger partial charge in [-0.3, -0.25) is 10.1 Å². The Morgan fingerprint density at radius 1 is 1.16 bits per heavy atom. The maximum Gasteiger partial charge on any atom is 0.322 e. The third-order valence-corrected chi connectivity index (χ3v) is 4.19. The summed E-state index contributed by atoms with van der Waals surface area (Å²) >= 11 is 7.43. The Morgan fingerprint density at radius 2 is 1.88 bits per heavy atom. The molecule has 0 saturated carbocycles. The normalized spacial score (nSPS) is 10.5. The second kappa shape index (κ2) is 8.04. The zero-order valence-corrected chi connectivity index (χ0v) is 14.8. The van der Waals surface area contributed by atoms with Gasteiger partial charge in [0.1, 0.15) is 5.75 Å². The molecule has 0 radical (unpaired) electrons. The molecule has 6 nitrogen and oxygen atoms in total. The number of aromatic nitrogens is 2. The molecule has 0 aliphatic carbocycles. The smallest absolute Gasteiger partial charge is 0.322 e. The van der Waals surface area contributed by atoms with E-state index in [0.717, 1.165) is 10.5 Å². The molecule has 128 valence electrons. The maximum absolute atomic E-state index is 11.9. The zero-order valence-electron chi connectivity index (χ0n) is 13.2. The first-order valence-electron chi connectivity index (χ1n) is 7.30. The molecule has 0 spiro atoms. The molecule has 25 heavy (non-hydrogen) atoms. The Kier molecular flexibility index (Phi) is 5.57. The summed E-state index contributed by atoms with van der Waals surface area (Å²) in [5, 5.41) is 10.8. The van der Waals surface area contributed by atoms with E-state index in [1.165, 1.54) is 0 Å². The second-order valence-corrected chi connectivity index (χ2v) is 6.25. The molecule has 0 aliphatic rings. The summed E-state index contributed by atoms with van der Waals surface area (Å²) in [7, 11) is 0. The largest absolute Gasteiger partial charge is 0.484 e. The van der Waals surface area contributed by atoms with Crippen molar-refractivity contribution in [3.8, 4) is 17.2 Å². The molecular formula is C17H14ClN3O3S. The summed E-state index contributed by atoms with van der Waals surface area (Å²) in [5.74, 6) is 0.476. The number of nitrogens with one attached hydrogen (secondary N) is 1. The monoisotopic (exact) mass is 375 g/mol. The Hall–Kier alpha value is -2.51. The number of anilines is 1. The number of nitrogens with zero attached hydrogens (tertiary/aromatic N) is 2. The van der Waals surface area contributed by atoms with E-state index in [-0.39, 0.29) is 12.6 Å². The number of hydrogen-bond donors (Lipinski definition) is 1. The predicted molar refractivity (Wildman–Crippen MR) is 97.1 cm³/mol. The van der Waals surface area contributed by atoms with Crippen LogP contribution in [0.15, 0.2) is 57.8 Å². The first-order chi connectivity index (χ1) is 12.1. The van der Waals surface area contributed by atoms with Gasteiger partial charge < -0.3 is 9.15 Å². The van der Waals surface area contributed by atoms with Gasteiger partial charge in [0.2, 0.25) is 5.89 Å². The van der Waals surface area contributed by atoms with Crippen LogP contribution in [-0.2, 0) is 4.79 Å². The van der Waals surface area contributed by atoms with E-state index < -0.39 is 5.91 Å². The number of thioether (sulfide) groups is 1. The van der Waals surface area contributed by atoms with Crippen LogP contribution in [0.5, 0.6) is 5.75 Å². The number of hydrogen-bond acceptors (Lipinski definition) is 6. The van der Waals surface area contributed by atoms with E-state index in [1.807, 2.05) is 30.5 Å². The Labute approximate surface area is 153 Å². The van der Waals surface area contributed by atoms with Crippen molar-refractivity contribution >= 4 is 35.3 Å². The summed E-state index contributed by atoms with van der Waals surface area (Å²) in [5.41, 5.74) is 0.781. The standard InChI is InChI=1S/C17H14ClN3O3S/c1-25-14-8-2-11(3-9-14)16-20-21-17(24-16)19-15(22)10-23-13-6-4-12(18)5-7-13/h2-9H,10H2,1H3,(H,19,21,22). The van der Waals surface area contributed by atoms with Crippen molar-refractivity contribution in [1.82, 2.24) is 10.2 Å². The molecular weight excluding hydrogens is 362 g/mol. The molecule has 3 rings (SSSR count). The van der Waals surface area contributed by atoms with Crippen LogP contribution in [0.4, 0.5) is 6.01 Å². The molecule has 0 fully saturated rings. The first-order valence-corrected chi connectivity index (χ1v) is 8.90. The highest BCUT2D eigenvalue weighted by Crippen LogP contribution is 2.23. The van der Waals surface area contributed by atoms with Crippen LogP contribution in [0, 0.1) is 0 Å². The van der Waals surface area contributed by atoms with Crippen LogP contribution in [-0.4, -0.2) is 29.0 Å². The van der Waals surface area contributed by atoms with Crippen molar-refractivity contribution in [3.63, 3.8) is 0 Å². The van der Waals surface area contributed by atoms with Gasteiger partial charge in [-0.15, -0.1) is 16.9 Å². The minimum atomic E-state index is -0.400. The van der Waals surface area contributed by atoms with Gasteiger partial charge in [0, 0.05) is 15.5 Å². The van der Waals surface area contributed by atoms with Crippen molar-refractivity contribution in [1.29, 1.82) is 0 Å². The number of halogens is 1. The van der Waals surface area contributed by atoms with Crippen LogP contribution in [0.25, 0.3) is 11.5 Å². The van der Waals surface area contributed by atoms with Gasteiger partial charge in [0.05, 0.1) is 0 Å². The SMILES string of the molecule is CSc1ccc(-c2nnc(NC(=O)COc3ccc(Cl)cc3)o2)cc1. The van der Waals surface area contributed by atoms with E-state index in [1.54, 1.807) is 36.0 Å². The van der Waals surface area contributed by atoms with Crippen molar-refractivity contribution in [2.45, 2.75) is 4.90 Å². The van der Waals surface area contributed by atoms with Crippen molar-refractivity contribution in [2.24, 2.45) is 0 Å². The van der Waals surface area contributed by atoms with Crippen LogP contribution >= 0.6 is 23.4 Å². The summed E-state index contributed by atoms with van der Waals surface area (Å²) in [6.07, 6.45) is 2.00. The molecule has 0 bridgehead atoms. The van der Waals surface area contributed by atoms with Crippen molar-refractivity contribution in [2.75, 3.05) is 18.2 Å². The molecule has 1 heterocycles. The van der Waals surface area contributed by atoms with E-state index >= 15 is 0 Å². The number of ether oxygens (including phenoxy) is 1. The average molecular weight is 376 g/mol. The molecule has 8 heteroatoms. The molecule has 1 aromatic heterocycles. The lowest BCUT2D eigenvalue weighted by atomic mass is 10.2. The fourth-order valence-corrected chi connectivity index (χ4v) is 2.49. The molecule has 0 atom stereocenters. The highest BCUT2D eigenvalue weighted by Gasteiger charge is 2.12. The third kappa shape index (κ3) is 4.74. The van der Waals surface area contributed by atoms with Gasteiger partial charge in [-0.2, -0.15) is 0 Å². The lowest BCUT2D eigenvalue weighted by Crippen LogP contribution is -2.20. The highest BCUT2D eigenvalue weighted by atomic mass is 35.5. The Balaban J connectivity index is 1.56. The molecule has 3 aromatic rings.